The largest absolute Gasteiger partial charge is 0.484 e. The van der Waals surface area contributed by atoms with Crippen LogP contribution >= 0.6 is 23.1 Å². The fourth-order valence-corrected chi connectivity index (χ4v) is 4.19. The van der Waals surface area contributed by atoms with Crippen LogP contribution in [0.25, 0.3) is 10.2 Å². The van der Waals surface area contributed by atoms with E-state index in [1.54, 1.807) is 23.5 Å². The molecule has 0 spiro atoms. The fourth-order valence-electron chi connectivity index (χ4n) is 2.27. The van der Waals surface area contributed by atoms with Crippen LogP contribution in [0.1, 0.15) is 10.4 Å². The van der Waals surface area contributed by atoms with Crippen molar-refractivity contribution in [2.45, 2.75) is 18.9 Å². The maximum Gasteiger partial charge on any atom is 0.276 e. The molecule has 9 heteroatoms. The Bertz CT molecular complexity index is 960. The summed E-state index contributed by atoms with van der Waals surface area (Å²) in [6.45, 7) is 3.88. The maximum absolute atomic E-state index is 12.0. The lowest BCUT2D eigenvalue weighted by Crippen LogP contribution is -2.44. The van der Waals surface area contributed by atoms with Gasteiger partial charge in [-0.2, -0.15) is 0 Å². The molecule has 3 aromatic rings. The molecule has 3 rings (SSSR count). The summed E-state index contributed by atoms with van der Waals surface area (Å²) < 4.78 is 5.31. The molecule has 0 aliphatic carbocycles. The van der Waals surface area contributed by atoms with E-state index in [1.807, 2.05) is 32.0 Å². The number of aryl methyl sites for hydroxylation is 2. The monoisotopic (exact) mass is 402 g/mol. The van der Waals surface area contributed by atoms with Crippen molar-refractivity contribution in [1.82, 2.24) is 20.8 Å². The molecule has 2 N–H and O–H groups in total. The molecule has 0 saturated carbocycles. The molecule has 140 valence electrons. The van der Waals surface area contributed by atoms with E-state index in [-0.39, 0.29) is 18.3 Å². The minimum atomic E-state index is -0.439. The van der Waals surface area contributed by atoms with Crippen LogP contribution in [0.15, 0.2) is 41.7 Å². The topological polar surface area (TPSA) is 93.2 Å². The Morgan fingerprint density at radius 3 is 2.63 bits per heavy atom. The van der Waals surface area contributed by atoms with Gasteiger partial charge < -0.3 is 4.74 Å². The van der Waals surface area contributed by atoms with Crippen LogP contribution < -0.4 is 15.6 Å². The molecule has 0 aliphatic rings. The van der Waals surface area contributed by atoms with Gasteiger partial charge in [0.1, 0.15) is 21.9 Å². The van der Waals surface area contributed by atoms with E-state index in [0.29, 0.717) is 5.75 Å². The van der Waals surface area contributed by atoms with Crippen LogP contribution in [-0.4, -0.2) is 34.1 Å². The van der Waals surface area contributed by atoms with E-state index in [0.717, 1.165) is 20.8 Å². The number of hydrogen-bond acceptors (Lipinski definition) is 7. The number of nitrogens with zero attached hydrogens (tertiary/aromatic N) is 2. The van der Waals surface area contributed by atoms with Gasteiger partial charge in [0.15, 0.2) is 6.61 Å². The van der Waals surface area contributed by atoms with E-state index in [4.69, 9.17) is 4.74 Å². The predicted molar refractivity (Wildman–Crippen MR) is 106 cm³/mol. The zero-order chi connectivity index (χ0) is 19.2. The number of thioether (sulfide) groups is 1. The average molecular weight is 403 g/mol. The van der Waals surface area contributed by atoms with Crippen molar-refractivity contribution in [2.75, 3.05) is 12.4 Å². The van der Waals surface area contributed by atoms with Crippen LogP contribution in [0.4, 0.5) is 0 Å². The highest BCUT2D eigenvalue weighted by molar-refractivity contribution is 8.00. The second-order valence-electron chi connectivity index (χ2n) is 5.63. The average Bonchev–Trinajstić information content (AvgIpc) is 2.98. The molecule has 1 aromatic carbocycles. The first-order valence-electron chi connectivity index (χ1n) is 8.13. The van der Waals surface area contributed by atoms with Crippen LogP contribution in [0.5, 0.6) is 5.75 Å². The van der Waals surface area contributed by atoms with E-state index in [1.165, 1.54) is 23.0 Å². The van der Waals surface area contributed by atoms with Crippen molar-refractivity contribution in [3.05, 3.63) is 47.1 Å². The molecule has 2 amide bonds. The Kier molecular flexibility index (Phi) is 6.25. The quantitative estimate of drug-likeness (QED) is 0.374. The maximum atomic E-state index is 12.0. The first-order valence-corrected chi connectivity index (χ1v) is 9.94. The highest BCUT2D eigenvalue weighted by Gasteiger charge is 2.14. The summed E-state index contributed by atoms with van der Waals surface area (Å²) in [5.74, 6) is -0.0561. The van der Waals surface area contributed by atoms with Crippen molar-refractivity contribution in [2.24, 2.45) is 0 Å². The molecular formula is C18H18N4O3S2. The molecule has 7 nitrogen and oxygen atoms in total. The highest BCUT2D eigenvalue weighted by Crippen LogP contribution is 2.34. The zero-order valence-electron chi connectivity index (χ0n) is 14.8. The van der Waals surface area contributed by atoms with Gasteiger partial charge in [-0.05, 0) is 31.5 Å². The third-order valence-corrected chi connectivity index (χ3v) is 5.83. The Morgan fingerprint density at radius 2 is 1.85 bits per heavy atom. The fraction of sp³-hybridized carbons (Fsp3) is 0.222. The van der Waals surface area contributed by atoms with Crippen LogP contribution in [0, 0.1) is 13.8 Å². The van der Waals surface area contributed by atoms with Crippen molar-refractivity contribution < 1.29 is 14.3 Å². The number of thiophene rings is 1. The molecule has 0 radical (unpaired) electrons. The molecule has 0 bridgehead atoms. The number of aromatic nitrogens is 2. The number of carbonyl (C=O) groups is 2. The summed E-state index contributed by atoms with van der Waals surface area (Å²) >= 11 is 2.92. The van der Waals surface area contributed by atoms with E-state index < -0.39 is 5.91 Å². The van der Waals surface area contributed by atoms with E-state index in [9.17, 15) is 9.59 Å². The van der Waals surface area contributed by atoms with Crippen molar-refractivity contribution >= 4 is 45.1 Å². The number of ether oxygens (including phenoxy) is 1. The lowest BCUT2D eigenvalue weighted by atomic mass is 10.2. The zero-order valence-corrected chi connectivity index (χ0v) is 16.4. The summed E-state index contributed by atoms with van der Waals surface area (Å²) in [4.78, 5) is 34.4. The van der Waals surface area contributed by atoms with Gasteiger partial charge in [-0.1, -0.05) is 30.0 Å². The molecular weight excluding hydrogens is 384 g/mol. The number of carbonyl (C=O) groups excluding carboxylic acids is 2. The molecule has 0 atom stereocenters. The molecule has 27 heavy (non-hydrogen) atoms. The minimum absolute atomic E-state index is 0.125. The number of benzene rings is 1. The van der Waals surface area contributed by atoms with Gasteiger partial charge in [0, 0.05) is 10.3 Å². The number of hydrogen-bond donors (Lipinski definition) is 2. The number of hydrazine groups is 1. The minimum Gasteiger partial charge on any atom is -0.484 e. The highest BCUT2D eigenvalue weighted by atomic mass is 32.2. The van der Waals surface area contributed by atoms with Crippen LogP contribution in [-0.2, 0) is 9.59 Å². The lowest BCUT2D eigenvalue weighted by molar-refractivity contribution is -0.128. The van der Waals surface area contributed by atoms with Gasteiger partial charge >= 0.3 is 0 Å². The van der Waals surface area contributed by atoms with Crippen molar-refractivity contribution in [1.29, 1.82) is 0 Å². The number of nitrogens with one attached hydrogen (secondary N) is 2. The number of rotatable bonds is 6. The van der Waals surface area contributed by atoms with E-state index in [2.05, 4.69) is 20.8 Å². The molecule has 2 heterocycles. The Hall–Kier alpha value is -2.65. The van der Waals surface area contributed by atoms with Crippen LogP contribution in [0.3, 0.4) is 0 Å². The Labute approximate surface area is 164 Å². The molecule has 0 saturated heterocycles. The van der Waals surface area contributed by atoms with Gasteiger partial charge in [-0.15, -0.1) is 11.3 Å². The number of fused-ring (bicyclic) bond motifs is 1. The number of amides is 2. The summed E-state index contributed by atoms with van der Waals surface area (Å²) in [5.41, 5.74) is 5.84. The molecule has 0 fully saturated rings. The Morgan fingerprint density at radius 1 is 1.11 bits per heavy atom. The summed E-state index contributed by atoms with van der Waals surface area (Å²) in [5, 5.41) is 1.74. The Balaban J connectivity index is 1.47. The summed E-state index contributed by atoms with van der Waals surface area (Å²) in [7, 11) is 0. The van der Waals surface area contributed by atoms with Gasteiger partial charge in [-0.25, -0.2) is 9.97 Å². The summed E-state index contributed by atoms with van der Waals surface area (Å²) in [6, 6.07) is 8.98. The smallest absolute Gasteiger partial charge is 0.276 e. The van der Waals surface area contributed by atoms with Crippen LogP contribution in [0.2, 0.25) is 0 Å². The van der Waals surface area contributed by atoms with Gasteiger partial charge in [0.05, 0.1) is 5.75 Å². The third kappa shape index (κ3) is 4.95. The SMILES string of the molecule is Cc1sc2ncnc(SCC(=O)NNC(=O)COc3ccccc3)c2c1C. The van der Waals surface area contributed by atoms with E-state index >= 15 is 0 Å². The second-order valence-corrected chi connectivity index (χ2v) is 7.80. The number of para-hydroxylation sites is 1. The van der Waals surface area contributed by atoms with Crippen molar-refractivity contribution in [3.63, 3.8) is 0 Å². The molecule has 2 aromatic heterocycles. The predicted octanol–water partition coefficient (Wildman–Crippen LogP) is 2.63. The van der Waals surface area contributed by atoms with Gasteiger partial charge in [0.2, 0.25) is 5.91 Å². The summed E-state index contributed by atoms with van der Waals surface area (Å²) in [6.07, 6.45) is 1.50. The standard InChI is InChI=1S/C18H18N4O3S2/c1-11-12(2)27-18-16(11)17(19-10-20-18)26-9-15(24)22-21-14(23)8-25-13-6-4-3-5-7-13/h3-7,10H,8-9H2,1-2H3,(H,21,23)(H,22,24). The lowest BCUT2D eigenvalue weighted by Gasteiger charge is -2.09. The first kappa shape index (κ1) is 19.1. The third-order valence-electron chi connectivity index (χ3n) is 3.73. The van der Waals surface area contributed by atoms with Gasteiger partial charge in [0.25, 0.3) is 5.91 Å². The van der Waals surface area contributed by atoms with Gasteiger partial charge in [-0.3, -0.25) is 20.4 Å². The second kappa shape index (κ2) is 8.83. The molecule has 0 unspecified atom stereocenters. The first-order chi connectivity index (χ1) is 13.0. The normalized spacial score (nSPS) is 10.6. The van der Waals surface area contributed by atoms with Crippen molar-refractivity contribution in [3.8, 4) is 5.75 Å². The molecule has 0 aliphatic heterocycles.